The molecule has 0 saturated carbocycles. The number of benzene rings is 1. The first-order valence-electron chi connectivity index (χ1n) is 5.67. The molecule has 0 heterocycles. The molecular weight excluding hydrogens is 460 g/mol. The number of amides is 2. The second kappa shape index (κ2) is 7.42. The molecule has 3 N–H and O–H groups in total. The standard InChI is InChI=1S/C12H13Br3N2O3/c1-5(2)9(11(18)19)16-12(20)17-10-7(14)3-6(13)4-8(10)15/h3-5,9H,1-2H3,(H,18,19)(H2,16,17,20)/t9-/m1/s1. The third-order valence-corrected chi connectivity index (χ3v) is 4.17. The average Bonchev–Trinajstić information content (AvgIpc) is 2.29. The molecule has 0 aromatic heterocycles. The lowest BCUT2D eigenvalue weighted by Gasteiger charge is -2.19. The van der Waals surface area contributed by atoms with Gasteiger partial charge in [-0.25, -0.2) is 9.59 Å². The summed E-state index contributed by atoms with van der Waals surface area (Å²) in [6.45, 7) is 3.45. The smallest absolute Gasteiger partial charge is 0.326 e. The van der Waals surface area contributed by atoms with Gasteiger partial charge in [0.15, 0.2) is 0 Å². The molecule has 0 spiro atoms. The minimum absolute atomic E-state index is 0.213. The number of anilines is 1. The molecule has 2 amide bonds. The van der Waals surface area contributed by atoms with Crippen LogP contribution in [0.3, 0.4) is 0 Å². The summed E-state index contributed by atoms with van der Waals surface area (Å²) in [5.41, 5.74) is 0.526. The van der Waals surface area contributed by atoms with Crippen LogP contribution in [-0.2, 0) is 4.79 Å². The van der Waals surface area contributed by atoms with Crippen molar-refractivity contribution in [2.45, 2.75) is 19.9 Å². The van der Waals surface area contributed by atoms with Crippen LogP contribution in [0.4, 0.5) is 10.5 Å². The zero-order chi connectivity index (χ0) is 15.4. The van der Waals surface area contributed by atoms with Crippen LogP contribution < -0.4 is 10.6 Å². The molecule has 0 unspecified atom stereocenters. The Labute approximate surface area is 141 Å². The van der Waals surface area contributed by atoms with Gasteiger partial charge in [0, 0.05) is 13.4 Å². The molecule has 1 aromatic carbocycles. The molecule has 0 fully saturated rings. The summed E-state index contributed by atoms with van der Waals surface area (Å²) in [7, 11) is 0. The zero-order valence-corrected chi connectivity index (χ0v) is 15.5. The Hall–Kier alpha value is -0.600. The van der Waals surface area contributed by atoms with Crippen molar-refractivity contribution < 1.29 is 14.7 Å². The van der Waals surface area contributed by atoms with E-state index in [-0.39, 0.29) is 5.92 Å². The monoisotopic (exact) mass is 470 g/mol. The molecule has 5 nitrogen and oxygen atoms in total. The summed E-state index contributed by atoms with van der Waals surface area (Å²) in [5, 5.41) is 14.1. The number of carbonyl (C=O) groups is 2. The van der Waals surface area contributed by atoms with E-state index in [0.717, 1.165) is 4.47 Å². The number of hydrogen-bond donors (Lipinski definition) is 3. The van der Waals surface area contributed by atoms with Crippen LogP contribution >= 0.6 is 47.8 Å². The second-order valence-corrected chi connectivity index (χ2v) is 7.03. The van der Waals surface area contributed by atoms with Gasteiger partial charge in [0.25, 0.3) is 0 Å². The van der Waals surface area contributed by atoms with Crippen molar-refractivity contribution in [3.63, 3.8) is 0 Å². The number of carboxylic acid groups (broad SMARTS) is 1. The van der Waals surface area contributed by atoms with Crippen molar-refractivity contribution in [2.75, 3.05) is 5.32 Å². The van der Waals surface area contributed by atoms with E-state index < -0.39 is 18.0 Å². The van der Waals surface area contributed by atoms with Crippen molar-refractivity contribution >= 4 is 65.5 Å². The Morgan fingerprint density at radius 3 is 2.05 bits per heavy atom. The highest BCUT2D eigenvalue weighted by Gasteiger charge is 2.23. The van der Waals surface area contributed by atoms with Crippen LogP contribution in [0.1, 0.15) is 13.8 Å². The molecule has 1 atom stereocenters. The first-order valence-corrected chi connectivity index (χ1v) is 8.05. The van der Waals surface area contributed by atoms with Crippen LogP contribution in [0.25, 0.3) is 0 Å². The van der Waals surface area contributed by atoms with E-state index in [1.165, 1.54) is 0 Å². The maximum Gasteiger partial charge on any atom is 0.326 e. The molecule has 1 aromatic rings. The number of halogens is 3. The number of urea groups is 1. The van der Waals surface area contributed by atoms with E-state index in [1.807, 2.05) is 0 Å². The van der Waals surface area contributed by atoms with Crippen LogP contribution in [0.2, 0.25) is 0 Å². The van der Waals surface area contributed by atoms with Gasteiger partial charge >= 0.3 is 12.0 Å². The van der Waals surface area contributed by atoms with Gasteiger partial charge in [-0.3, -0.25) is 0 Å². The third kappa shape index (κ3) is 4.75. The Kier molecular flexibility index (Phi) is 6.47. The fourth-order valence-electron chi connectivity index (χ4n) is 1.47. The first kappa shape index (κ1) is 17.5. The van der Waals surface area contributed by atoms with Crippen LogP contribution in [0.5, 0.6) is 0 Å². The summed E-state index contributed by atoms with van der Waals surface area (Å²) in [6, 6.07) is 2.03. The lowest BCUT2D eigenvalue weighted by Crippen LogP contribution is -2.46. The fraction of sp³-hybridized carbons (Fsp3) is 0.333. The van der Waals surface area contributed by atoms with E-state index in [1.54, 1.807) is 26.0 Å². The van der Waals surface area contributed by atoms with Crippen molar-refractivity contribution in [1.29, 1.82) is 0 Å². The Balaban J connectivity index is 2.84. The molecule has 0 radical (unpaired) electrons. The summed E-state index contributed by atoms with van der Waals surface area (Å²) in [5.74, 6) is -1.28. The number of carboxylic acids is 1. The van der Waals surface area contributed by atoms with Crippen molar-refractivity contribution in [3.05, 3.63) is 25.6 Å². The van der Waals surface area contributed by atoms with Gasteiger partial charge < -0.3 is 15.7 Å². The molecule has 8 heteroatoms. The number of carbonyl (C=O) groups excluding carboxylic acids is 1. The number of hydrogen-bond acceptors (Lipinski definition) is 2. The summed E-state index contributed by atoms with van der Waals surface area (Å²) < 4.78 is 2.18. The van der Waals surface area contributed by atoms with E-state index in [2.05, 4.69) is 58.4 Å². The van der Waals surface area contributed by atoms with Gasteiger partial charge in [-0.15, -0.1) is 0 Å². The molecular formula is C12H13Br3N2O3. The van der Waals surface area contributed by atoms with E-state index in [0.29, 0.717) is 14.6 Å². The number of rotatable bonds is 4. The van der Waals surface area contributed by atoms with E-state index >= 15 is 0 Å². The van der Waals surface area contributed by atoms with Gasteiger partial charge in [0.1, 0.15) is 6.04 Å². The average molecular weight is 473 g/mol. The highest BCUT2D eigenvalue weighted by molar-refractivity contribution is 9.11. The molecule has 0 bridgehead atoms. The van der Waals surface area contributed by atoms with Gasteiger partial charge in [-0.05, 0) is 49.9 Å². The lowest BCUT2D eigenvalue weighted by molar-refractivity contribution is -0.140. The van der Waals surface area contributed by atoms with Crippen LogP contribution in [-0.4, -0.2) is 23.1 Å². The maximum absolute atomic E-state index is 11.9. The zero-order valence-electron chi connectivity index (χ0n) is 10.7. The van der Waals surface area contributed by atoms with E-state index in [4.69, 9.17) is 5.11 Å². The SMILES string of the molecule is CC(C)[C@@H](NC(=O)Nc1c(Br)cc(Br)cc1Br)C(=O)O. The van der Waals surface area contributed by atoms with Crippen LogP contribution in [0, 0.1) is 5.92 Å². The third-order valence-electron chi connectivity index (χ3n) is 2.46. The van der Waals surface area contributed by atoms with Crippen molar-refractivity contribution in [2.24, 2.45) is 5.92 Å². The predicted octanol–water partition coefficient (Wildman–Crippen LogP) is 4.20. The highest BCUT2D eigenvalue weighted by atomic mass is 79.9. The van der Waals surface area contributed by atoms with Crippen LogP contribution in [0.15, 0.2) is 25.6 Å². The molecule has 0 aliphatic heterocycles. The number of nitrogens with one attached hydrogen (secondary N) is 2. The molecule has 110 valence electrons. The summed E-state index contributed by atoms with van der Waals surface area (Å²) >= 11 is 9.99. The van der Waals surface area contributed by atoms with Gasteiger partial charge in [0.05, 0.1) is 5.69 Å². The normalized spacial score (nSPS) is 12.1. The van der Waals surface area contributed by atoms with Crippen molar-refractivity contribution in [3.8, 4) is 0 Å². The predicted molar refractivity (Wildman–Crippen MR) is 88.0 cm³/mol. The minimum atomic E-state index is -1.07. The number of aliphatic carboxylic acids is 1. The van der Waals surface area contributed by atoms with Gasteiger partial charge in [-0.1, -0.05) is 29.8 Å². The lowest BCUT2D eigenvalue weighted by atomic mass is 10.1. The molecule has 0 aliphatic rings. The quantitative estimate of drug-likeness (QED) is 0.614. The molecule has 1 rings (SSSR count). The molecule has 0 aliphatic carbocycles. The van der Waals surface area contributed by atoms with Gasteiger partial charge in [0.2, 0.25) is 0 Å². The highest BCUT2D eigenvalue weighted by Crippen LogP contribution is 2.34. The van der Waals surface area contributed by atoms with Crippen molar-refractivity contribution in [1.82, 2.24) is 5.32 Å². The largest absolute Gasteiger partial charge is 0.480 e. The maximum atomic E-state index is 11.9. The topological polar surface area (TPSA) is 78.4 Å². The molecule has 20 heavy (non-hydrogen) atoms. The fourth-order valence-corrected chi connectivity index (χ4v) is 3.92. The second-order valence-electron chi connectivity index (χ2n) is 4.40. The van der Waals surface area contributed by atoms with E-state index in [9.17, 15) is 9.59 Å². The Bertz CT molecular complexity index is 512. The first-order chi connectivity index (χ1) is 9.22. The summed E-state index contributed by atoms with van der Waals surface area (Å²) in [6.07, 6.45) is 0. The van der Waals surface area contributed by atoms with Gasteiger partial charge in [-0.2, -0.15) is 0 Å². The minimum Gasteiger partial charge on any atom is -0.480 e. The Morgan fingerprint density at radius 2 is 1.65 bits per heavy atom. The Morgan fingerprint density at radius 1 is 1.15 bits per heavy atom. The summed E-state index contributed by atoms with van der Waals surface area (Å²) in [4.78, 5) is 22.9. The molecule has 0 saturated heterocycles.